The molecule has 3 heterocycles. The number of methoxy groups -OCH3 is 1. The number of hydrogen-bond acceptors (Lipinski definition) is 8. The topological polar surface area (TPSA) is 97.5 Å². The molecule has 2 aromatic heterocycles. The van der Waals surface area contributed by atoms with Gasteiger partial charge in [0.15, 0.2) is 0 Å². The Bertz CT molecular complexity index is 1100. The maximum Gasteiger partial charge on any atom is 0.228 e. The van der Waals surface area contributed by atoms with Crippen molar-refractivity contribution in [1.82, 2.24) is 25.2 Å². The average Bonchev–Trinajstić information content (AvgIpc) is 3.22. The predicted octanol–water partition coefficient (Wildman–Crippen LogP) is 2.86. The highest BCUT2D eigenvalue weighted by atomic mass is 16.6. The molecule has 1 aromatic carbocycles. The van der Waals surface area contributed by atoms with Gasteiger partial charge in [-0.15, -0.1) is 0 Å². The lowest BCUT2D eigenvalue weighted by atomic mass is 9.89. The number of nitrogens with zero attached hydrogens (tertiary/aromatic N) is 6. The summed E-state index contributed by atoms with van der Waals surface area (Å²) in [6.07, 6.45) is 3.93. The van der Waals surface area contributed by atoms with Gasteiger partial charge in [0.2, 0.25) is 11.9 Å². The van der Waals surface area contributed by atoms with Gasteiger partial charge in [-0.2, -0.15) is 0 Å². The molecule has 1 aliphatic rings. The molecule has 0 saturated carbocycles. The molecule has 1 atom stereocenters. The number of amides is 1. The number of aromatic nitrogens is 4. The number of likely N-dealkylation sites (tertiary alicyclic amines) is 1. The van der Waals surface area contributed by atoms with Crippen LogP contribution in [0.1, 0.15) is 35.8 Å². The van der Waals surface area contributed by atoms with Crippen molar-refractivity contribution >= 4 is 11.9 Å². The minimum atomic E-state index is 0.0262. The second-order valence-electron chi connectivity index (χ2n) is 8.25. The number of anilines is 1. The summed E-state index contributed by atoms with van der Waals surface area (Å²) in [7, 11) is 5.51. The lowest BCUT2D eigenvalue weighted by molar-refractivity contribution is -0.131. The molecule has 1 fully saturated rings. The van der Waals surface area contributed by atoms with Crippen molar-refractivity contribution in [2.75, 3.05) is 39.2 Å². The monoisotopic (exact) mass is 436 g/mol. The maximum atomic E-state index is 13.0. The fourth-order valence-corrected chi connectivity index (χ4v) is 4.02. The van der Waals surface area contributed by atoms with E-state index in [2.05, 4.69) is 15.3 Å². The summed E-state index contributed by atoms with van der Waals surface area (Å²) in [6.45, 7) is 3.12. The Morgan fingerprint density at radius 1 is 1.31 bits per heavy atom. The summed E-state index contributed by atoms with van der Waals surface area (Å²) >= 11 is 0. The molecule has 4 rings (SSSR count). The molecule has 9 heteroatoms. The van der Waals surface area contributed by atoms with E-state index in [0.29, 0.717) is 23.9 Å². The number of aryl methyl sites for hydroxylation is 1. The van der Waals surface area contributed by atoms with Gasteiger partial charge in [-0.25, -0.2) is 14.6 Å². The molecule has 32 heavy (non-hydrogen) atoms. The predicted molar refractivity (Wildman–Crippen MR) is 120 cm³/mol. The summed E-state index contributed by atoms with van der Waals surface area (Å²) < 4.78 is 10.2. The summed E-state index contributed by atoms with van der Waals surface area (Å²) in [5, 5.41) is 7.63. The van der Waals surface area contributed by atoms with Gasteiger partial charge in [0, 0.05) is 44.9 Å². The zero-order valence-electron chi connectivity index (χ0n) is 18.9. The Morgan fingerprint density at radius 2 is 2.16 bits per heavy atom. The van der Waals surface area contributed by atoms with E-state index in [1.807, 2.05) is 54.4 Å². The molecular weight excluding hydrogens is 408 g/mol. The van der Waals surface area contributed by atoms with Crippen LogP contribution in [-0.2, 0) is 11.2 Å². The van der Waals surface area contributed by atoms with E-state index in [1.54, 1.807) is 14.0 Å². The van der Waals surface area contributed by atoms with Crippen LogP contribution in [0.15, 0.2) is 35.1 Å². The first-order chi connectivity index (χ1) is 15.5. The number of hydrogen-bond donors (Lipinski definition) is 0. The number of ether oxygens (including phenoxy) is 1. The van der Waals surface area contributed by atoms with E-state index in [4.69, 9.17) is 14.3 Å². The van der Waals surface area contributed by atoms with Gasteiger partial charge in [0.1, 0.15) is 17.1 Å². The largest absolute Gasteiger partial charge is 0.497 e. The summed E-state index contributed by atoms with van der Waals surface area (Å²) in [6, 6.07) is 7.90. The van der Waals surface area contributed by atoms with Crippen LogP contribution in [0.25, 0.3) is 11.1 Å². The van der Waals surface area contributed by atoms with Crippen LogP contribution in [0.4, 0.5) is 5.95 Å². The molecule has 0 N–H and O–H groups in total. The molecular formula is C23H28N6O3. The molecule has 9 nitrogen and oxygen atoms in total. The minimum absolute atomic E-state index is 0.0262. The number of benzene rings is 1. The van der Waals surface area contributed by atoms with E-state index < -0.39 is 0 Å². The molecule has 0 unspecified atom stereocenters. The second kappa shape index (κ2) is 9.33. The molecule has 168 valence electrons. The number of carbonyl (C=O) groups excluding carboxylic acids is 1. The smallest absolute Gasteiger partial charge is 0.228 e. The quantitative estimate of drug-likeness (QED) is 0.582. The third-order valence-corrected chi connectivity index (χ3v) is 5.81. The molecule has 0 radical (unpaired) electrons. The highest BCUT2D eigenvalue weighted by molar-refractivity contribution is 5.79. The van der Waals surface area contributed by atoms with Crippen molar-refractivity contribution in [1.29, 1.82) is 0 Å². The fraction of sp³-hybridized carbons (Fsp3) is 0.435. The number of piperidine rings is 1. The Hall–Kier alpha value is -3.49. The van der Waals surface area contributed by atoms with E-state index >= 15 is 0 Å². The maximum absolute atomic E-state index is 13.0. The first kappa shape index (κ1) is 21.7. The molecule has 1 amide bonds. The first-order valence-electron chi connectivity index (χ1n) is 10.7. The molecule has 0 aliphatic carbocycles. The summed E-state index contributed by atoms with van der Waals surface area (Å²) in [4.78, 5) is 26.2. The molecule has 0 bridgehead atoms. The zero-order valence-corrected chi connectivity index (χ0v) is 18.9. The summed E-state index contributed by atoms with van der Waals surface area (Å²) in [5.74, 6) is 1.56. The van der Waals surface area contributed by atoms with E-state index in [1.165, 1.54) is 0 Å². The highest BCUT2D eigenvalue weighted by Crippen LogP contribution is 2.35. The molecule has 1 aliphatic heterocycles. The van der Waals surface area contributed by atoms with Crippen LogP contribution < -0.4 is 9.64 Å². The van der Waals surface area contributed by atoms with E-state index in [-0.39, 0.29) is 18.2 Å². The molecule has 1 saturated heterocycles. The average molecular weight is 437 g/mol. The van der Waals surface area contributed by atoms with Crippen molar-refractivity contribution < 1.29 is 14.2 Å². The Labute approximate surface area is 187 Å². The second-order valence-corrected chi connectivity index (χ2v) is 8.25. The van der Waals surface area contributed by atoms with Crippen LogP contribution in [0.2, 0.25) is 0 Å². The van der Waals surface area contributed by atoms with Crippen LogP contribution in [0.3, 0.4) is 0 Å². The number of carbonyl (C=O) groups is 1. The molecule has 0 spiro atoms. The van der Waals surface area contributed by atoms with Crippen molar-refractivity contribution in [3.63, 3.8) is 0 Å². The van der Waals surface area contributed by atoms with Crippen LogP contribution in [-0.4, -0.2) is 65.4 Å². The van der Waals surface area contributed by atoms with Gasteiger partial charge < -0.3 is 14.5 Å². The third-order valence-electron chi connectivity index (χ3n) is 5.81. The highest BCUT2D eigenvalue weighted by Gasteiger charge is 2.29. The van der Waals surface area contributed by atoms with Crippen molar-refractivity contribution in [3.8, 4) is 16.9 Å². The Morgan fingerprint density at radius 3 is 2.88 bits per heavy atom. The van der Waals surface area contributed by atoms with Gasteiger partial charge >= 0.3 is 0 Å². The normalized spacial score (nSPS) is 16.1. The zero-order chi connectivity index (χ0) is 22.7. The number of rotatable bonds is 6. The van der Waals surface area contributed by atoms with Gasteiger partial charge in [0.25, 0.3) is 0 Å². The van der Waals surface area contributed by atoms with Crippen molar-refractivity contribution in [2.24, 2.45) is 0 Å². The van der Waals surface area contributed by atoms with Crippen LogP contribution in [0.5, 0.6) is 5.75 Å². The Kier molecular flexibility index (Phi) is 6.34. The van der Waals surface area contributed by atoms with E-state index in [9.17, 15) is 4.79 Å². The standard InChI is InChI=1S/C23H28N6O3/c1-15-20(27-32-26-15)12-21(30)29-10-6-8-17(14-29)22-19(13-24-23(25-22)28(2)3)16-7-5-9-18(11-16)31-4/h5,7,9,11,13,17H,6,8,10,12,14H2,1-4H3/t17-/m0/s1. The van der Waals surface area contributed by atoms with Gasteiger partial charge in [-0.3, -0.25) is 4.79 Å². The summed E-state index contributed by atoms with van der Waals surface area (Å²) in [5.41, 5.74) is 4.15. The van der Waals surface area contributed by atoms with Crippen LogP contribution in [0, 0.1) is 6.92 Å². The van der Waals surface area contributed by atoms with Gasteiger partial charge in [-0.1, -0.05) is 22.4 Å². The van der Waals surface area contributed by atoms with Crippen molar-refractivity contribution in [2.45, 2.75) is 32.1 Å². The van der Waals surface area contributed by atoms with E-state index in [0.717, 1.165) is 42.0 Å². The van der Waals surface area contributed by atoms with Crippen molar-refractivity contribution in [3.05, 3.63) is 47.5 Å². The Balaban J connectivity index is 1.64. The SMILES string of the molecule is COc1cccc(-c2cnc(N(C)C)nc2[C@H]2CCCN(C(=O)Cc3nonc3C)C2)c1. The van der Waals surface area contributed by atoms with Gasteiger partial charge in [0.05, 0.1) is 19.2 Å². The third kappa shape index (κ3) is 4.56. The lowest BCUT2D eigenvalue weighted by Gasteiger charge is -2.33. The van der Waals surface area contributed by atoms with Crippen LogP contribution >= 0.6 is 0 Å². The lowest BCUT2D eigenvalue weighted by Crippen LogP contribution is -2.40. The molecule has 3 aromatic rings. The van der Waals surface area contributed by atoms with Gasteiger partial charge in [-0.05, 0) is 37.5 Å². The fourth-order valence-electron chi connectivity index (χ4n) is 4.02. The minimum Gasteiger partial charge on any atom is -0.497 e. The first-order valence-corrected chi connectivity index (χ1v) is 10.7.